The molecule has 0 unspecified atom stereocenters. The van der Waals surface area contributed by atoms with Gasteiger partial charge in [-0.2, -0.15) is 0 Å². The number of aryl methyl sites for hydroxylation is 2. The number of carbonyl (C=O) groups is 1. The summed E-state index contributed by atoms with van der Waals surface area (Å²) in [6, 6.07) is 5.90. The number of carboxylic acids is 1. The topological polar surface area (TPSA) is 67.2 Å². The number of benzene rings is 1. The maximum atomic E-state index is 10.6. The Labute approximate surface area is 116 Å². The van der Waals surface area contributed by atoms with Gasteiger partial charge < -0.3 is 15.0 Å². The molecule has 0 amide bonds. The number of halogens is 1. The summed E-state index contributed by atoms with van der Waals surface area (Å²) in [5.41, 5.74) is 2.83. The third-order valence-electron chi connectivity index (χ3n) is 2.96. The first-order chi connectivity index (χ1) is 9.11. The van der Waals surface area contributed by atoms with E-state index < -0.39 is 5.97 Å². The molecule has 0 bridgehead atoms. The van der Waals surface area contributed by atoms with Crippen molar-refractivity contribution in [1.29, 1.82) is 0 Å². The summed E-state index contributed by atoms with van der Waals surface area (Å²) in [5.74, 6) is 0.521. The van der Waals surface area contributed by atoms with Crippen LogP contribution in [0.1, 0.15) is 12.2 Å². The molecule has 0 radical (unpaired) electrons. The second kappa shape index (κ2) is 5.93. The molecule has 0 saturated carbocycles. The number of imidazole rings is 1. The molecule has 1 heterocycles. The van der Waals surface area contributed by atoms with Gasteiger partial charge in [0.05, 0.1) is 17.5 Å². The van der Waals surface area contributed by atoms with Crippen LogP contribution in [0.3, 0.4) is 0 Å². The van der Waals surface area contributed by atoms with Crippen LogP contribution in [0.5, 0.6) is 0 Å². The number of rotatable bonds is 6. The molecule has 1 aromatic heterocycles. The van der Waals surface area contributed by atoms with E-state index >= 15 is 0 Å². The summed E-state index contributed by atoms with van der Waals surface area (Å²) in [6.45, 7) is 0.700. The van der Waals surface area contributed by atoms with Crippen molar-refractivity contribution < 1.29 is 9.90 Å². The van der Waals surface area contributed by atoms with Gasteiger partial charge in [-0.05, 0) is 18.2 Å². The molecule has 0 aliphatic heterocycles. The highest BCUT2D eigenvalue weighted by atomic mass is 35.5. The third kappa shape index (κ3) is 3.17. The van der Waals surface area contributed by atoms with Gasteiger partial charge in [0, 0.05) is 31.6 Å². The lowest BCUT2D eigenvalue weighted by Crippen LogP contribution is -2.03. The maximum absolute atomic E-state index is 10.6. The Morgan fingerprint density at radius 2 is 2.32 bits per heavy atom. The monoisotopic (exact) mass is 281 g/mol. The lowest BCUT2D eigenvalue weighted by molar-refractivity contribution is -0.137. The van der Waals surface area contributed by atoms with Crippen LogP contribution < -0.4 is 5.32 Å². The molecule has 0 spiro atoms. The zero-order valence-corrected chi connectivity index (χ0v) is 11.4. The van der Waals surface area contributed by atoms with E-state index in [1.54, 1.807) is 0 Å². The van der Waals surface area contributed by atoms with Gasteiger partial charge in [-0.15, -0.1) is 11.6 Å². The highest BCUT2D eigenvalue weighted by molar-refractivity contribution is 6.18. The normalized spacial score (nSPS) is 10.8. The number of carboxylic acid groups (broad SMARTS) is 1. The molecule has 1 aromatic carbocycles. The molecule has 102 valence electrons. The highest BCUT2D eigenvalue weighted by Gasteiger charge is 2.09. The number of fused-ring (bicyclic) bond motifs is 1. The summed E-state index contributed by atoms with van der Waals surface area (Å²) < 4.78 is 1.93. The van der Waals surface area contributed by atoms with Gasteiger partial charge in [0.15, 0.2) is 0 Å². The molecule has 2 N–H and O–H groups in total. The number of aromatic nitrogens is 2. The number of alkyl halides is 1. The lowest BCUT2D eigenvalue weighted by Gasteiger charge is -2.04. The van der Waals surface area contributed by atoms with Crippen molar-refractivity contribution in [3.8, 4) is 0 Å². The number of hydrogen-bond donors (Lipinski definition) is 2. The van der Waals surface area contributed by atoms with Crippen LogP contribution in [0.25, 0.3) is 11.0 Å². The van der Waals surface area contributed by atoms with Gasteiger partial charge in [-0.3, -0.25) is 4.79 Å². The SMILES string of the molecule is Cn1c(CCC(=O)O)nc2cc(NCCCl)ccc21. The van der Waals surface area contributed by atoms with E-state index in [1.165, 1.54) is 0 Å². The van der Waals surface area contributed by atoms with Gasteiger partial charge >= 0.3 is 5.97 Å². The maximum Gasteiger partial charge on any atom is 0.303 e. The van der Waals surface area contributed by atoms with Gasteiger partial charge in [0.2, 0.25) is 0 Å². The second-order valence-electron chi connectivity index (χ2n) is 4.30. The fourth-order valence-corrected chi connectivity index (χ4v) is 2.09. The molecule has 2 aromatic rings. The van der Waals surface area contributed by atoms with Crippen molar-refractivity contribution in [2.24, 2.45) is 7.05 Å². The first kappa shape index (κ1) is 13.7. The predicted octanol–water partition coefficient (Wildman–Crippen LogP) is 2.24. The number of anilines is 1. The Morgan fingerprint density at radius 1 is 1.53 bits per heavy atom. The van der Waals surface area contributed by atoms with Gasteiger partial charge in [-0.25, -0.2) is 4.98 Å². The quantitative estimate of drug-likeness (QED) is 0.797. The molecule has 19 heavy (non-hydrogen) atoms. The first-order valence-electron chi connectivity index (χ1n) is 6.09. The molecular weight excluding hydrogens is 266 g/mol. The molecule has 5 nitrogen and oxygen atoms in total. The molecule has 0 saturated heterocycles. The van der Waals surface area contributed by atoms with Crippen molar-refractivity contribution in [2.75, 3.05) is 17.7 Å². The van der Waals surface area contributed by atoms with E-state index in [1.807, 2.05) is 29.8 Å². The number of nitrogens with zero attached hydrogens (tertiary/aromatic N) is 2. The average Bonchev–Trinajstić information content (AvgIpc) is 2.70. The summed E-state index contributed by atoms with van der Waals surface area (Å²) in [7, 11) is 1.90. The average molecular weight is 282 g/mol. The summed E-state index contributed by atoms with van der Waals surface area (Å²) in [5, 5.41) is 11.9. The van der Waals surface area contributed by atoms with E-state index in [0.29, 0.717) is 18.8 Å². The van der Waals surface area contributed by atoms with E-state index in [0.717, 1.165) is 22.5 Å². The highest BCUT2D eigenvalue weighted by Crippen LogP contribution is 2.20. The fourth-order valence-electron chi connectivity index (χ4n) is 1.99. The Bertz CT molecular complexity index is 595. The summed E-state index contributed by atoms with van der Waals surface area (Å²) in [6.07, 6.45) is 0.527. The largest absolute Gasteiger partial charge is 0.481 e. The van der Waals surface area contributed by atoms with Crippen molar-refractivity contribution in [2.45, 2.75) is 12.8 Å². The van der Waals surface area contributed by atoms with Crippen LogP contribution in [0.15, 0.2) is 18.2 Å². The van der Waals surface area contributed by atoms with Crippen LogP contribution in [0.2, 0.25) is 0 Å². The van der Waals surface area contributed by atoms with Crippen molar-refractivity contribution in [3.05, 3.63) is 24.0 Å². The first-order valence-corrected chi connectivity index (χ1v) is 6.62. The Balaban J connectivity index is 2.26. The number of hydrogen-bond acceptors (Lipinski definition) is 3. The molecule has 0 atom stereocenters. The van der Waals surface area contributed by atoms with Crippen LogP contribution in [0.4, 0.5) is 5.69 Å². The number of nitrogens with one attached hydrogen (secondary N) is 1. The van der Waals surface area contributed by atoms with E-state index in [-0.39, 0.29) is 6.42 Å². The van der Waals surface area contributed by atoms with Gasteiger partial charge in [0.25, 0.3) is 0 Å². The van der Waals surface area contributed by atoms with Crippen molar-refractivity contribution in [1.82, 2.24) is 9.55 Å². The van der Waals surface area contributed by atoms with Crippen molar-refractivity contribution in [3.63, 3.8) is 0 Å². The lowest BCUT2D eigenvalue weighted by atomic mass is 10.2. The smallest absolute Gasteiger partial charge is 0.303 e. The van der Waals surface area contributed by atoms with E-state index in [2.05, 4.69) is 10.3 Å². The summed E-state index contributed by atoms with van der Waals surface area (Å²) >= 11 is 5.63. The standard InChI is InChI=1S/C13H16ClN3O2/c1-17-11-3-2-9(15-7-6-14)8-10(11)16-12(17)4-5-13(18)19/h2-3,8,15H,4-7H2,1H3,(H,18,19). The molecule has 2 rings (SSSR count). The molecule has 0 fully saturated rings. The van der Waals surface area contributed by atoms with Gasteiger partial charge in [0.1, 0.15) is 5.82 Å². The second-order valence-corrected chi connectivity index (χ2v) is 4.68. The Hall–Kier alpha value is -1.75. The van der Waals surface area contributed by atoms with Crippen LogP contribution in [-0.2, 0) is 18.3 Å². The fraction of sp³-hybridized carbons (Fsp3) is 0.385. The van der Waals surface area contributed by atoms with Gasteiger partial charge in [-0.1, -0.05) is 0 Å². The number of aliphatic carboxylic acids is 1. The van der Waals surface area contributed by atoms with Crippen LogP contribution in [-0.4, -0.2) is 33.1 Å². The van der Waals surface area contributed by atoms with Crippen LogP contribution in [0, 0.1) is 0 Å². The predicted molar refractivity (Wildman–Crippen MR) is 75.9 cm³/mol. The Kier molecular flexibility index (Phi) is 4.27. The zero-order valence-electron chi connectivity index (χ0n) is 10.7. The van der Waals surface area contributed by atoms with E-state index in [4.69, 9.17) is 16.7 Å². The van der Waals surface area contributed by atoms with E-state index in [9.17, 15) is 4.79 Å². The van der Waals surface area contributed by atoms with Crippen molar-refractivity contribution >= 4 is 34.3 Å². The van der Waals surface area contributed by atoms with Crippen LogP contribution >= 0.6 is 11.6 Å². The third-order valence-corrected chi connectivity index (χ3v) is 3.15. The Morgan fingerprint density at radius 3 is 3.00 bits per heavy atom. The zero-order chi connectivity index (χ0) is 13.8. The molecular formula is C13H16ClN3O2. The molecule has 0 aliphatic rings. The minimum atomic E-state index is -0.809. The minimum absolute atomic E-state index is 0.0918. The minimum Gasteiger partial charge on any atom is -0.481 e. The molecule has 6 heteroatoms. The summed E-state index contributed by atoms with van der Waals surface area (Å²) in [4.78, 5) is 15.1. The molecule has 0 aliphatic carbocycles.